The highest BCUT2D eigenvalue weighted by molar-refractivity contribution is 5.73. The van der Waals surface area contributed by atoms with Crippen LogP contribution in [0.3, 0.4) is 0 Å². The maximum atomic E-state index is 13.8. The van der Waals surface area contributed by atoms with Crippen LogP contribution in [-0.4, -0.2) is 5.97 Å². The van der Waals surface area contributed by atoms with Crippen molar-refractivity contribution >= 4 is 5.97 Å². The van der Waals surface area contributed by atoms with Crippen molar-refractivity contribution in [3.05, 3.63) is 41.5 Å². The van der Waals surface area contributed by atoms with Crippen LogP contribution in [0.4, 0.5) is 17.6 Å². The average Bonchev–Trinajstić information content (AvgIpc) is 3.25. The van der Waals surface area contributed by atoms with E-state index in [4.69, 9.17) is 0 Å². The fraction of sp³-hybridized carbons (Fsp3) is 0.400. The number of halogens is 4. The van der Waals surface area contributed by atoms with Crippen molar-refractivity contribution in [3.63, 3.8) is 0 Å². The second-order valence-electron chi connectivity index (χ2n) is 5.01. The Morgan fingerprint density at radius 3 is 2.19 bits per heavy atom. The van der Waals surface area contributed by atoms with E-state index < -0.39 is 40.6 Å². The zero-order valence-electron chi connectivity index (χ0n) is 11.2. The molecule has 0 unspecified atom stereocenters. The molecule has 0 aromatic heterocycles. The molecule has 2 nitrogen and oxygen atoms in total. The van der Waals surface area contributed by atoms with Crippen LogP contribution in [0, 0.1) is 29.2 Å². The first kappa shape index (κ1) is 15.5. The topological polar surface area (TPSA) is 26.3 Å². The minimum atomic E-state index is -1.68. The van der Waals surface area contributed by atoms with E-state index in [0.29, 0.717) is 0 Å². The number of benzene rings is 1. The third-order valence-corrected chi connectivity index (χ3v) is 3.28. The molecule has 0 heterocycles. The molecular formula is C15H14F4O2. The molecule has 21 heavy (non-hydrogen) atoms. The molecule has 0 radical (unpaired) electrons. The second-order valence-corrected chi connectivity index (χ2v) is 5.01. The van der Waals surface area contributed by atoms with Gasteiger partial charge < -0.3 is 4.74 Å². The van der Waals surface area contributed by atoms with Crippen molar-refractivity contribution in [1.29, 1.82) is 0 Å². The summed E-state index contributed by atoms with van der Waals surface area (Å²) in [5.74, 6) is -8.51. The molecule has 0 saturated heterocycles. The third-order valence-electron chi connectivity index (χ3n) is 3.28. The van der Waals surface area contributed by atoms with Crippen LogP contribution in [0.15, 0.2) is 12.7 Å². The van der Waals surface area contributed by atoms with Gasteiger partial charge in [-0.25, -0.2) is 8.78 Å². The molecule has 0 aliphatic heterocycles. The van der Waals surface area contributed by atoms with Crippen LogP contribution in [0.1, 0.15) is 31.2 Å². The number of ether oxygens (including phenoxy) is 1. The molecule has 0 amide bonds. The normalized spacial score (nSPS) is 14.1. The first-order valence-electron chi connectivity index (χ1n) is 6.62. The standard InChI is InChI=1S/C15H14F4O2/c1-2-3-4-9-11(16)13(18)15(14(19)12(9)17)21-10(20)7-8-5-6-8/h2,8H,1,3-7H2. The highest BCUT2D eigenvalue weighted by atomic mass is 19.2. The van der Waals surface area contributed by atoms with Crippen LogP contribution < -0.4 is 4.74 Å². The van der Waals surface area contributed by atoms with E-state index in [9.17, 15) is 22.4 Å². The largest absolute Gasteiger partial charge is 0.420 e. The lowest BCUT2D eigenvalue weighted by atomic mass is 10.1. The summed E-state index contributed by atoms with van der Waals surface area (Å²) < 4.78 is 59.5. The fourth-order valence-corrected chi connectivity index (χ4v) is 1.93. The van der Waals surface area contributed by atoms with Crippen LogP contribution >= 0.6 is 0 Å². The molecule has 1 fully saturated rings. The lowest BCUT2D eigenvalue weighted by Crippen LogP contribution is -2.14. The van der Waals surface area contributed by atoms with Crippen LogP contribution in [0.25, 0.3) is 0 Å². The van der Waals surface area contributed by atoms with Gasteiger partial charge >= 0.3 is 5.97 Å². The van der Waals surface area contributed by atoms with Crippen molar-refractivity contribution in [3.8, 4) is 5.75 Å². The van der Waals surface area contributed by atoms with E-state index in [1.165, 1.54) is 6.08 Å². The Labute approximate surface area is 119 Å². The zero-order valence-corrected chi connectivity index (χ0v) is 11.2. The second kappa shape index (κ2) is 6.28. The summed E-state index contributed by atoms with van der Waals surface area (Å²) in [5, 5.41) is 0. The van der Waals surface area contributed by atoms with Crippen molar-refractivity contribution in [2.45, 2.75) is 32.1 Å². The van der Waals surface area contributed by atoms with Crippen molar-refractivity contribution < 1.29 is 27.1 Å². The van der Waals surface area contributed by atoms with Crippen molar-refractivity contribution in [2.75, 3.05) is 0 Å². The molecule has 1 aliphatic rings. The SMILES string of the molecule is C=CCCc1c(F)c(F)c(OC(=O)CC2CC2)c(F)c1F. The molecule has 1 aliphatic carbocycles. The van der Waals surface area contributed by atoms with E-state index in [2.05, 4.69) is 11.3 Å². The number of carbonyl (C=O) groups excluding carboxylic acids is 1. The monoisotopic (exact) mass is 302 g/mol. The maximum Gasteiger partial charge on any atom is 0.311 e. The molecule has 0 atom stereocenters. The molecular weight excluding hydrogens is 288 g/mol. The number of carbonyl (C=O) groups is 1. The van der Waals surface area contributed by atoms with Gasteiger partial charge in [-0.2, -0.15) is 8.78 Å². The summed E-state index contributed by atoms with van der Waals surface area (Å²) in [4.78, 5) is 11.4. The average molecular weight is 302 g/mol. The molecule has 6 heteroatoms. The van der Waals surface area contributed by atoms with Gasteiger partial charge in [-0.15, -0.1) is 6.58 Å². The summed E-state index contributed by atoms with van der Waals surface area (Å²) in [5.41, 5.74) is -0.716. The Balaban J connectivity index is 2.28. The Morgan fingerprint density at radius 1 is 1.14 bits per heavy atom. The molecule has 1 aromatic carbocycles. The highest BCUT2D eigenvalue weighted by Crippen LogP contribution is 2.34. The number of allylic oxidation sites excluding steroid dienone is 1. The number of rotatable bonds is 6. The number of hydrogen-bond acceptors (Lipinski definition) is 2. The van der Waals surface area contributed by atoms with E-state index in [-0.39, 0.29) is 25.2 Å². The van der Waals surface area contributed by atoms with Gasteiger partial charge in [0.2, 0.25) is 17.4 Å². The summed E-state index contributed by atoms with van der Waals surface area (Å²) in [6, 6.07) is 0. The Bertz CT molecular complexity index is 551. The predicted octanol–water partition coefficient (Wildman–Crippen LogP) is 4.07. The van der Waals surface area contributed by atoms with Gasteiger partial charge in [0.25, 0.3) is 0 Å². The molecule has 1 saturated carbocycles. The quantitative estimate of drug-likeness (QED) is 0.260. The van der Waals surface area contributed by atoms with Crippen LogP contribution in [-0.2, 0) is 11.2 Å². The Kier molecular flexibility index (Phi) is 4.65. The van der Waals surface area contributed by atoms with Crippen LogP contribution in [0.5, 0.6) is 5.75 Å². The molecule has 114 valence electrons. The molecule has 0 N–H and O–H groups in total. The first-order valence-corrected chi connectivity index (χ1v) is 6.62. The van der Waals surface area contributed by atoms with E-state index in [1.807, 2.05) is 0 Å². The number of hydrogen-bond donors (Lipinski definition) is 0. The Hall–Kier alpha value is -1.85. The summed E-state index contributed by atoms with van der Waals surface area (Å²) in [6.07, 6.45) is 2.96. The lowest BCUT2D eigenvalue weighted by Gasteiger charge is -2.11. The van der Waals surface area contributed by atoms with Gasteiger partial charge in [-0.05, 0) is 31.6 Å². The number of esters is 1. The van der Waals surface area contributed by atoms with Crippen molar-refractivity contribution in [2.24, 2.45) is 5.92 Å². The predicted molar refractivity (Wildman–Crippen MR) is 67.8 cm³/mol. The van der Waals surface area contributed by atoms with E-state index >= 15 is 0 Å². The van der Waals surface area contributed by atoms with Gasteiger partial charge in [0.1, 0.15) is 0 Å². The summed E-state index contributed by atoms with van der Waals surface area (Å²) in [6.45, 7) is 3.37. The smallest absolute Gasteiger partial charge is 0.311 e. The third kappa shape index (κ3) is 3.43. The van der Waals surface area contributed by atoms with E-state index in [1.54, 1.807) is 0 Å². The van der Waals surface area contributed by atoms with Crippen LogP contribution in [0.2, 0.25) is 0 Å². The molecule has 2 rings (SSSR count). The zero-order chi connectivity index (χ0) is 15.6. The molecule has 0 spiro atoms. The van der Waals surface area contributed by atoms with Gasteiger partial charge in [-0.1, -0.05) is 6.08 Å². The minimum absolute atomic E-state index is 0.0136. The lowest BCUT2D eigenvalue weighted by molar-refractivity contribution is -0.135. The Morgan fingerprint density at radius 2 is 1.71 bits per heavy atom. The summed E-state index contributed by atoms with van der Waals surface area (Å²) in [7, 11) is 0. The molecule has 1 aromatic rings. The molecule has 0 bridgehead atoms. The fourth-order valence-electron chi connectivity index (χ4n) is 1.93. The van der Waals surface area contributed by atoms with Gasteiger partial charge in [-0.3, -0.25) is 4.79 Å². The van der Waals surface area contributed by atoms with Gasteiger partial charge in [0.15, 0.2) is 11.6 Å². The first-order chi connectivity index (χ1) is 9.95. The summed E-state index contributed by atoms with van der Waals surface area (Å²) >= 11 is 0. The van der Waals surface area contributed by atoms with E-state index in [0.717, 1.165) is 12.8 Å². The van der Waals surface area contributed by atoms with Gasteiger partial charge in [0, 0.05) is 12.0 Å². The van der Waals surface area contributed by atoms with Crippen molar-refractivity contribution in [1.82, 2.24) is 0 Å². The minimum Gasteiger partial charge on any atom is -0.420 e. The van der Waals surface area contributed by atoms with Gasteiger partial charge in [0.05, 0.1) is 0 Å². The maximum absolute atomic E-state index is 13.8. The highest BCUT2D eigenvalue weighted by Gasteiger charge is 2.30.